The van der Waals surface area contributed by atoms with Crippen molar-refractivity contribution in [1.29, 1.82) is 0 Å². The predicted molar refractivity (Wildman–Crippen MR) is 112 cm³/mol. The van der Waals surface area contributed by atoms with E-state index in [1.807, 2.05) is 0 Å². The third kappa shape index (κ3) is 9.95. The monoisotopic (exact) mass is 327 g/mol. The number of hydrogen-bond acceptors (Lipinski definition) is 1. The summed E-state index contributed by atoms with van der Waals surface area (Å²) in [6, 6.07) is 8.71. The van der Waals surface area contributed by atoms with Crippen molar-refractivity contribution in [3.63, 3.8) is 0 Å². The Morgan fingerprint density at radius 2 is 1.46 bits per heavy atom. The highest BCUT2D eigenvalue weighted by molar-refractivity contribution is 5.52. The Morgan fingerprint density at radius 3 is 1.83 bits per heavy atom. The van der Waals surface area contributed by atoms with Gasteiger partial charge in [0, 0.05) is 17.9 Å². The standard InChI is InChI=1S/C18H27N.C3H8.C2H2/c1-7-19(18-12-8-15(4)9-13-18)17(6)11-10-16(5)14(2)3;1-3-2;1-2/h8-14H,7H2,1-6H3;3H2,1-2H3;1-2H/b16-10+,17-11+;;. The van der Waals surface area contributed by atoms with E-state index in [0.29, 0.717) is 5.92 Å². The number of hydrogen-bond donors (Lipinski definition) is 0. The second-order valence-corrected chi connectivity index (χ2v) is 6.16. The smallest absolute Gasteiger partial charge is 0.0408 e. The van der Waals surface area contributed by atoms with Gasteiger partial charge < -0.3 is 4.90 Å². The Hall–Kier alpha value is -1.94. The number of benzene rings is 1. The summed E-state index contributed by atoms with van der Waals surface area (Å²) in [4.78, 5) is 2.34. The lowest BCUT2D eigenvalue weighted by molar-refractivity contribution is 0.769. The maximum Gasteiger partial charge on any atom is 0.0408 e. The number of anilines is 1. The molecule has 0 unspecified atom stereocenters. The molecule has 0 aliphatic rings. The number of aryl methyl sites for hydroxylation is 1. The fourth-order valence-corrected chi connectivity index (χ4v) is 1.89. The van der Waals surface area contributed by atoms with Crippen molar-refractivity contribution in [3.8, 4) is 12.8 Å². The van der Waals surface area contributed by atoms with Gasteiger partial charge in [0.15, 0.2) is 0 Å². The highest BCUT2D eigenvalue weighted by Gasteiger charge is 2.05. The van der Waals surface area contributed by atoms with Crippen LogP contribution in [0.2, 0.25) is 0 Å². The van der Waals surface area contributed by atoms with Crippen molar-refractivity contribution in [3.05, 3.63) is 53.3 Å². The zero-order chi connectivity index (χ0) is 19.1. The molecule has 0 fully saturated rings. The Morgan fingerprint density at radius 1 is 1.00 bits per heavy atom. The van der Waals surface area contributed by atoms with Crippen LogP contribution in [0.4, 0.5) is 5.69 Å². The van der Waals surface area contributed by atoms with Gasteiger partial charge in [-0.25, -0.2) is 0 Å². The van der Waals surface area contributed by atoms with Gasteiger partial charge in [0.25, 0.3) is 0 Å². The van der Waals surface area contributed by atoms with Gasteiger partial charge in [0.05, 0.1) is 0 Å². The summed E-state index contributed by atoms with van der Waals surface area (Å²) in [5, 5.41) is 0. The molecule has 0 N–H and O–H groups in total. The van der Waals surface area contributed by atoms with Crippen LogP contribution in [-0.2, 0) is 0 Å². The fraction of sp³-hybridized carbons (Fsp3) is 0.478. The van der Waals surface area contributed by atoms with E-state index in [2.05, 4.69) is 110 Å². The first kappa shape index (κ1) is 24.3. The van der Waals surface area contributed by atoms with Crippen LogP contribution < -0.4 is 4.90 Å². The maximum atomic E-state index is 4.00. The molecule has 1 aromatic rings. The summed E-state index contributed by atoms with van der Waals surface area (Å²) < 4.78 is 0. The van der Waals surface area contributed by atoms with Crippen LogP contribution in [-0.4, -0.2) is 6.54 Å². The van der Waals surface area contributed by atoms with E-state index in [4.69, 9.17) is 0 Å². The van der Waals surface area contributed by atoms with E-state index in [1.165, 1.54) is 28.9 Å². The van der Waals surface area contributed by atoms with E-state index in [1.54, 1.807) is 0 Å². The van der Waals surface area contributed by atoms with Gasteiger partial charge in [-0.05, 0) is 51.8 Å². The Balaban J connectivity index is 0. The first-order valence-electron chi connectivity index (χ1n) is 8.89. The number of allylic oxidation sites excluding steroid dienone is 4. The molecule has 0 bridgehead atoms. The van der Waals surface area contributed by atoms with Gasteiger partial charge in [-0.3, -0.25) is 0 Å². The molecule has 134 valence electrons. The quantitative estimate of drug-likeness (QED) is 0.416. The molecule has 1 nitrogen and oxygen atoms in total. The molecule has 0 amide bonds. The van der Waals surface area contributed by atoms with E-state index in [0.717, 1.165) is 6.54 Å². The molecule has 1 heteroatoms. The van der Waals surface area contributed by atoms with Crippen LogP contribution >= 0.6 is 0 Å². The predicted octanol–water partition coefficient (Wildman–Crippen LogP) is 6.99. The summed E-state index contributed by atoms with van der Waals surface area (Å²) >= 11 is 0. The average Bonchev–Trinajstić information content (AvgIpc) is 2.57. The van der Waals surface area contributed by atoms with Gasteiger partial charge in [0.2, 0.25) is 0 Å². The fourth-order valence-electron chi connectivity index (χ4n) is 1.89. The first-order valence-corrected chi connectivity index (χ1v) is 8.89. The Bertz CT molecular complexity index is 501. The van der Waals surface area contributed by atoms with Gasteiger partial charge >= 0.3 is 0 Å². The average molecular weight is 328 g/mol. The van der Waals surface area contributed by atoms with Crippen molar-refractivity contribution in [2.45, 2.75) is 61.8 Å². The third-order valence-corrected chi connectivity index (χ3v) is 3.59. The molecule has 0 radical (unpaired) electrons. The Labute approximate surface area is 151 Å². The number of rotatable bonds is 5. The van der Waals surface area contributed by atoms with Crippen LogP contribution in [0.3, 0.4) is 0 Å². The molecule has 1 aromatic carbocycles. The molecule has 0 spiro atoms. The SMILES string of the molecule is C#C.CCC.CCN(/C(C)=C/C=C(\C)C(C)C)c1ccc(C)cc1. The number of terminal acetylenes is 1. The Kier molecular flexibility index (Phi) is 14.8. The van der Waals surface area contributed by atoms with E-state index in [-0.39, 0.29) is 0 Å². The summed E-state index contributed by atoms with van der Waals surface area (Å²) in [6.45, 7) is 18.4. The van der Waals surface area contributed by atoms with Gasteiger partial charge in [-0.1, -0.05) is 63.5 Å². The molecule has 0 saturated heterocycles. The molecule has 0 atom stereocenters. The van der Waals surface area contributed by atoms with Crippen molar-refractivity contribution in [2.75, 3.05) is 11.4 Å². The molecule has 0 saturated carbocycles. The molecule has 0 aliphatic carbocycles. The lowest BCUT2D eigenvalue weighted by Crippen LogP contribution is -2.20. The molecular weight excluding hydrogens is 290 g/mol. The topological polar surface area (TPSA) is 3.24 Å². The summed E-state index contributed by atoms with van der Waals surface area (Å²) in [5.74, 6) is 0.610. The summed E-state index contributed by atoms with van der Waals surface area (Å²) in [5.41, 5.74) is 5.26. The minimum Gasteiger partial charge on any atom is -0.346 e. The molecule has 0 aromatic heterocycles. The second-order valence-electron chi connectivity index (χ2n) is 6.16. The lowest BCUT2D eigenvalue weighted by Gasteiger charge is -2.24. The van der Waals surface area contributed by atoms with E-state index < -0.39 is 0 Å². The van der Waals surface area contributed by atoms with Crippen molar-refractivity contribution < 1.29 is 0 Å². The number of nitrogens with zero attached hydrogens (tertiary/aromatic N) is 1. The first-order chi connectivity index (χ1) is 11.4. The summed E-state index contributed by atoms with van der Waals surface area (Å²) in [6.07, 6.45) is 13.7. The van der Waals surface area contributed by atoms with Gasteiger partial charge in [-0.2, -0.15) is 0 Å². The molecular formula is C23H37N. The van der Waals surface area contributed by atoms with Crippen molar-refractivity contribution >= 4 is 5.69 Å². The third-order valence-electron chi connectivity index (χ3n) is 3.59. The molecule has 0 aliphatic heterocycles. The van der Waals surface area contributed by atoms with Crippen LogP contribution in [0.5, 0.6) is 0 Å². The van der Waals surface area contributed by atoms with Crippen LogP contribution in [0.15, 0.2) is 47.7 Å². The maximum absolute atomic E-state index is 4.00. The minimum absolute atomic E-state index is 0.610. The second kappa shape index (κ2) is 14.6. The normalized spacial score (nSPS) is 11.1. The highest BCUT2D eigenvalue weighted by atomic mass is 15.1. The minimum atomic E-state index is 0.610. The van der Waals surface area contributed by atoms with Crippen LogP contribution in [0, 0.1) is 25.7 Å². The molecule has 0 heterocycles. The molecule has 24 heavy (non-hydrogen) atoms. The van der Waals surface area contributed by atoms with Gasteiger partial charge in [0.1, 0.15) is 0 Å². The largest absolute Gasteiger partial charge is 0.346 e. The van der Waals surface area contributed by atoms with Crippen molar-refractivity contribution in [1.82, 2.24) is 0 Å². The van der Waals surface area contributed by atoms with E-state index in [9.17, 15) is 0 Å². The molecule has 1 rings (SSSR count). The highest BCUT2D eigenvalue weighted by Crippen LogP contribution is 2.20. The zero-order valence-electron chi connectivity index (χ0n) is 17.1. The van der Waals surface area contributed by atoms with Crippen molar-refractivity contribution in [2.24, 2.45) is 5.92 Å². The summed E-state index contributed by atoms with van der Waals surface area (Å²) in [7, 11) is 0. The van der Waals surface area contributed by atoms with Crippen LogP contribution in [0.1, 0.15) is 60.5 Å². The van der Waals surface area contributed by atoms with Gasteiger partial charge in [-0.15, -0.1) is 12.8 Å². The zero-order valence-corrected chi connectivity index (χ0v) is 17.1. The van der Waals surface area contributed by atoms with E-state index >= 15 is 0 Å². The van der Waals surface area contributed by atoms with Crippen LogP contribution in [0.25, 0.3) is 0 Å². The lowest BCUT2D eigenvalue weighted by atomic mass is 10.1.